The van der Waals surface area contributed by atoms with Crippen LogP contribution in [-0.4, -0.2) is 36.4 Å². The van der Waals surface area contributed by atoms with Crippen molar-refractivity contribution >= 4 is 5.97 Å². The Hall–Kier alpha value is -0.870. The number of hydrogen-bond acceptors (Lipinski definition) is 4. The van der Waals surface area contributed by atoms with Crippen molar-refractivity contribution in [2.75, 3.05) is 7.11 Å². The van der Waals surface area contributed by atoms with Crippen LogP contribution >= 0.6 is 0 Å². The third-order valence-electron chi connectivity index (χ3n) is 3.00. The molecule has 0 unspecified atom stereocenters. The van der Waals surface area contributed by atoms with E-state index in [2.05, 4.69) is 10.1 Å². The van der Waals surface area contributed by atoms with Crippen LogP contribution in [0.3, 0.4) is 0 Å². The lowest BCUT2D eigenvalue weighted by Gasteiger charge is -2.23. The fourth-order valence-corrected chi connectivity index (χ4v) is 2.26. The van der Waals surface area contributed by atoms with Gasteiger partial charge in [-0.1, -0.05) is 12.2 Å². The van der Waals surface area contributed by atoms with Gasteiger partial charge in [0.1, 0.15) is 6.04 Å². The molecule has 1 aliphatic heterocycles. The van der Waals surface area contributed by atoms with Crippen molar-refractivity contribution in [2.24, 2.45) is 5.92 Å². The number of carbonyl (C=O) groups is 1. The fourth-order valence-electron chi connectivity index (χ4n) is 2.26. The molecule has 0 aromatic rings. The van der Waals surface area contributed by atoms with Crippen molar-refractivity contribution in [1.82, 2.24) is 5.32 Å². The predicted octanol–water partition coefficient (Wildman–Crippen LogP) is -0.173. The summed E-state index contributed by atoms with van der Waals surface area (Å²) in [6.45, 7) is 0. The minimum Gasteiger partial charge on any atom is -0.468 e. The molecular weight excluding hydrogens is 182 g/mol. The van der Waals surface area contributed by atoms with Crippen molar-refractivity contribution in [1.29, 1.82) is 0 Å². The van der Waals surface area contributed by atoms with Crippen LogP contribution in [-0.2, 0) is 9.53 Å². The van der Waals surface area contributed by atoms with E-state index in [1.807, 2.05) is 12.2 Å². The van der Waals surface area contributed by atoms with Gasteiger partial charge in [0, 0.05) is 6.04 Å². The van der Waals surface area contributed by atoms with Gasteiger partial charge in [-0.3, -0.25) is 4.79 Å². The molecule has 78 valence electrons. The Balaban J connectivity index is 2.01. The topological polar surface area (TPSA) is 58.6 Å². The summed E-state index contributed by atoms with van der Waals surface area (Å²) in [6.07, 6.45) is 4.90. The number of fused-ring (bicyclic) bond motifs is 1. The van der Waals surface area contributed by atoms with Crippen molar-refractivity contribution in [3.63, 3.8) is 0 Å². The van der Waals surface area contributed by atoms with Crippen LogP contribution in [0.4, 0.5) is 0 Å². The van der Waals surface area contributed by atoms with Crippen molar-refractivity contribution in [3.05, 3.63) is 12.2 Å². The highest BCUT2D eigenvalue weighted by Gasteiger charge is 2.38. The molecule has 2 aliphatic rings. The van der Waals surface area contributed by atoms with Crippen molar-refractivity contribution in [2.45, 2.75) is 31.0 Å². The molecular formula is C10H15NO3. The molecule has 4 heteroatoms. The van der Waals surface area contributed by atoms with E-state index >= 15 is 0 Å². The Morgan fingerprint density at radius 2 is 2.29 bits per heavy atom. The number of hydrogen-bond donors (Lipinski definition) is 2. The van der Waals surface area contributed by atoms with Gasteiger partial charge >= 0.3 is 5.97 Å². The van der Waals surface area contributed by atoms with Crippen LogP contribution in [0.5, 0.6) is 0 Å². The van der Waals surface area contributed by atoms with Gasteiger partial charge in [0.15, 0.2) is 0 Å². The molecule has 0 bridgehead atoms. The minimum absolute atomic E-state index is 0.204. The summed E-state index contributed by atoms with van der Waals surface area (Å²) in [5, 5.41) is 12.6. The molecule has 14 heavy (non-hydrogen) atoms. The van der Waals surface area contributed by atoms with E-state index in [-0.39, 0.29) is 24.2 Å². The van der Waals surface area contributed by atoms with E-state index in [1.54, 1.807) is 0 Å². The highest BCUT2D eigenvalue weighted by Crippen LogP contribution is 2.29. The molecule has 0 saturated carbocycles. The average molecular weight is 197 g/mol. The van der Waals surface area contributed by atoms with E-state index in [0.29, 0.717) is 12.3 Å². The first-order chi connectivity index (χ1) is 6.70. The number of nitrogens with one attached hydrogen (secondary N) is 1. The highest BCUT2D eigenvalue weighted by atomic mass is 16.5. The van der Waals surface area contributed by atoms with Crippen LogP contribution in [0, 0.1) is 5.92 Å². The molecule has 2 rings (SSSR count). The third-order valence-corrected chi connectivity index (χ3v) is 3.00. The maximum atomic E-state index is 11.3. The second-order valence-electron chi connectivity index (χ2n) is 3.94. The van der Waals surface area contributed by atoms with E-state index in [9.17, 15) is 9.90 Å². The lowest BCUT2D eigenvalue weighted by Crippen LogP contribution is -2.39. The fraction of sp³-hybridized carbons (Fsp3) is 0.700. The standard InChI is InChI=1S/C10H15NO3/c1-14-10(13)9-4-6-2-3-7(12)5-8(6)11-9/h2-3,6-9,11-12H,4-5H2,1H3/t6-,7-,8-,9+/m1/s1. The van der Waals surface area contributed by atoms with Crippen LogP contribution in [0.25, 0.3) is 0 Å². The number of methoxy groups -OCH3 is 1. The minimum atomic E-state index is -0.375. The number of carbonyl (C=O) groups excluding carboxylic acids is 1. The Kier molecular flexibility index (Phi) is 2.56. The van der Waals surface area contributed by atoms with Crippen molar-refractivity contribution < 1.29 is 14.6 Å². The van der Waals surface area contributed by atoms with Crippen LogP contribution in [0.1, 0.15) is 12.8 Å². The molecule has 1 aliphatic carbocycles. The van der Waals surface area contributed by atoms with E-state index in [1.165, 1.54) is 7.11 Å². The number of aliphatic hydroxyl groups is 1. The SMILES string of the molecule is COC(=O)[C@@H]1C[C@H]2C=C[C@@H](O)C[C@H]2N1. The number of rotatable bonds is 1. The first-order valence-corrected chi connectivity index (χ1v) is 4.91. The van der Waals surface area contributed by atoms with Gasteiger partial charge in [0.2, 0.25) is 0 Å². The zero-order valence-electron chi connectivity index (χ0n) is 8.14. The molecule has 1 fully saturated rings. The van der Waals surface area contributed by atoms with Crippen LogP contribution in [0.2, 0.25) is 0 Å². The summed E-state index contributed by atoms with van der Waals surface area (Å²) in [4.78, 5) is 11.3. The Morgan fingerprint density at radius 1 is 1.50 bits per heavy atom. The second kappa shape index (κ2) is 3.71. The average Bonchev–Trinajstić information content (AvgIpc) is 2.59. The maximum absolute atomic E-state index is 11.3. The summed E-state index contributed by atoms with van der Waals surface area (Å²) in [5.41, 5.74) is 0. The zero-order chi connectivity index (χ0) is 10.1. The number of esters is 1. The van der Waals surface area contributed by atoms with E-state index in [4.69, 9.17) is 0 Å². The molecule has 0 aromatic carbocycles. The summed E-state index contributed by atoms with van der Waals surface area (Å²) < 4.78 is 4.68. The largest absolute Gasteiger partial charge is 0.468 e. The van der Waals surface area contributed by atoms with Gasteiger partial charge in [-0.15, -0.1) is 0 Å². The summed E-state index contributed by atoms with van der Waals surface area (Å²) in [6, 6.07) is 0.0176. The monoisotopic (exact) mass is 197 g/mol. The molecule has 0 radical (unpaired) electrons. The Morgan fingerprint density at radius 3 is 3.00 bits per heavy atom. The molecule has 4 atom stereocenters. The first kappa shape index (κ1) is 9.68. The lowest BCUT2D eigenvalue weighted by molar-refractivity contribution is -0.142. The van der Waals surface area contributed by atoms with Crippen LogP contribution < -0.4 is 5.32 Å². The predicted molar refractivity (Wildman–Crippen MR) is 50.6 cm³/mol. The van der Waals surface area contributed by atoms with Gasteiger partial charge in [-0.05, 0) is 18.8 Å². The lowest BCUT2D eigenvalue weighted by atomic mass is 9.89. The normalized spacial score (nSPS) is 40.7. The smallest absolute Gasteiger partial charge is 0.322 e. The zero-order valence-corrected chi connectivity index (χ0v) is 8.14. The van der Waals surface area contributed by atoms with Gasteiger partial charge < -0.3 is 15.2 Å². The van der Waals surface area contributed by atoms with E-state index in [0.717, 1.165) is 6.42 Å². The molecule has 0 spiro atoms. The molecule has 1 saturated heterocycles. The molecule has 0 aromatic heterocycles. The Bertz CT molecular complexity index is 264. The van der Waals surface area contributed by atoms with Gasteiger partial charge in [-0.25, -0.2) is 0 Å². The molecule has 1 heterocycles. The van der Waals surface area contributed by atoms with Crippen molar-refractivity contribution in [3.8, 4) is 0 Å². The molecule has 2 N–H and O–H groups in total. The van der Waals surface area contributed by atoms with Gasteiger partial charge in [0.05, 0.1) is 13.2 Å². The Labute approximate surface area is 82.9 Å². The van der Waals surface area contributed by atoms with E-state index < -0.39 is 0 Å². The number of aliphatic hydroxyl groups excluding tert-OH is 1. The quantitative estimate of drug-likeness (QED) is 0.452. The van der Waals surface area contributed by atoms with Crippen LogP contribution in [0.15, 0.2) is 12.2 Å². The maximum Gasteiger partial charge on any atom is 0.322 e. The first-order valence-electron chi connectivity index (χ1n) is 4.91. The van der Waals surface area contributed by atoms with Gasteiger partial charge in [0.25, 0.3) is 0 Å². The number of ether oxygens (including phenoxy) is 1. The second-order valence-corrected chi connectivity index (χ2v) is 3.94. The van der Waals surface area contributed by atoms with Gasteiger partial charge in [-0.2, -0.15) is 0 Å². The molecule has 0 amide bonds. The third kappa shape index (κ3) is 1.67. The summed E-state index contributed by atoms with van der Waals surface area (Å²) >= 11 is 0. The summed E-state index contributed by atoms with van der Waals surface area (Å²) in [5.74, 6) is 0.157. The summed E-state index contributed by atoms with van der Waals surface area (Å²) in [7, 11) is 1.40. The highest BCUT2D eigenvalue weighted by molar-refractivity contribution is 5.76. The molecule has 4 nitrogen and oxygen atoms in total.